The lowest BCUT2D eigenvalue weighted by molar-refractivity contribution is 0.395. The Kier molecular flexibility index (Phi) is 4.43. The van der Waals surface area contributed by atoms with Gasteiger partial charge in [0.1, 0.15) is 23.7 Å². The summed E-state index contributed by atoms with van der Waals surface area (Å²) in [5.74, 6) is 1.84. The van der Waals surface area contributed by atoms with Crippen molar-refractivity contribution in [3.8, 4) is 22.8 Å². The second-order valence-corrected chi connectivity index (χ2v) is 5.30. The largest absolute Gasteiger partial charge is 0.497 e. The van der Waals surface area contributed by atoms with Crippen molar-refractivity contribution in [3.05, 3.63) is 51.5 Å². The van der Waals surface area contributed by atoms with Crippen molar-refractivity contribution in [3.63, 3.8) is 0 Å². The number of hydrogen-bond acceptors (Lipinski definition) is 6. The van der Waals surface area contributed by atoms with E-state index in [2.05, 4.69) is 20.2 Å². The molecule has 0 aliphatic heterocycles. The Morgan fingerprint density at radius 2 is 2.08 bits per heavy atom. The van der Waals surface area contributed by atoms with Crippen LogP contribution in [0.4, 0.5) is 0 Å². The fourth-order valence-electron chi connectivity index (χ4n) is 2.37. The summed E-state index contributed by atoms with van der Waals surface area (Å²) in [6.45, 7) is 0.333. The van der Waals surface area contributed by atoms with Gasteiger partial charge in [-0.3, -0.25) is 14.9 Å². The maximum atomic E-state index is 11.9. The first-order valence-corrected chi connectivity index (χ1v) is 7.44. The number of nitrogens with zero attached hydrogens (tertiary/aromatic N) is 3. The van der Waals surface area contributed by atoms with E-state index in [9.17, 15) is 4.79 Å². The highest BCUT2D eigenvalue weighted by Gasteiger charge is 2.14. The third-order valence-corrected chi connectivity index (χ3v) is 3.81. The first-order valence-electron chi connectivity index (χ1n) is 7.03. The van der Waals surface area contributed by atoms with Gasteiger partial charge in [0.2, 0.25) is 0 Å². The third kappa shape index (κ3) is 3.06. The van der Waals surface area contributed by atoms with Gasteiger partial charge in [0, 0.05) is 17.7 Å². The summed E-state index contributed by atoms with van der Waals surface area (Å²) < 4.78 is 12.7. The first-order chi connectivity index (χ1) is 11.6. The number of benzene rings is 1. The number of nitrogens with one attached hydrogen (secondary N) is 2. The van der Waals surface area contributed by atoms with Crippen LogP contribution in [0, 0.1) is 4.77 Å². The van der Waals surface area contributed by atoms with Crippen molar-refractivity contribution in [2.75, 3.05) is 14.2 Å². The molecule has 3 rings (SSSR count). The van der Waals surface area contributed by atoms with E-state index in [1.54, 1.807) is 30.9 Å². The number of rotatable bonds is 5. The van der Waals surface area contributed by atoms with Gasteiger partial charge in [0.15, 0.2) is 4.77 Å². The molecular weight excluding hydrogens is 330 g/mol. The molecular formula is C15H15N5O3S. The first kappa shape index (κ1) is 15.9. The van der Waals surface area contributed by atoms with E-state index in [1.807, 2.05) is 6.07 Å². The van der Waals surface area contributed by atoms with Gasteiger partial charge in [0.25, 0.3) is 5.56 Å². The lowest BCUT2D eigenvalue weighted by Crippen LogP contribution is -2.16. The molecule has 3 aromatic rings. The van der Waals surface area contributed by atoms with Gasteiger partial charge in [-0.1, -0.05) is 0 Å². The minimum Gasteiger partial charge on any atom is -0.497 e. The molecule has 0 saturated heterocycles. The van der Waals surface area contributed by atoms with Crippen molar-refractivity contribution in [2.45, 2.75) is 6.54 Å². The topological polar surface area (TPSA) is 97.8 Å². The summed E-state index contributed by atoms with van der Waals surface area (Å²) in [5.41, 5.74) is 1.04. The van der Waals surface area contributed by atoms with Crippen LogP contribution in [0.2, 0.25) is 0 Å². The summed E-state index contributed by atoms with van der Waals surface area (Å²) in [6.07, 6.45) is 1.41. The highest BCUT2D eigenvalue weighted by Crippen LogP contribution is 2.32. The van der Waals surface area contributed by atoms with E-state index in [0.717, 1.165) is 5.56 Å². The predicted molar refractivity (Wildman–Crippen MR) is 89.9 cm³/mol. The number of ether oxygens (including phenoxy) is 2. The molecule has 0 bridgehead atoms. The van der Waals surface area contributed by atoms with Crippen molar-refractivity contribution in [1.29, 1.82) is 0 Å². The highest BCUT2D eigenvalue weighted by molar-refractivity contribution is 7.71. The smallest absolute Gasteiger partial charge is 0.252 e. The third-order valence-electron chi connectivity index (χ3n) is 3.49. The lowest BCUT2D eigenvalue weighted by atomic mass is 10.1. The molecule has 2 N–H and O–H groups in total. The van der Waals surface area contributed by atoms with E-state index in [-0.39, 0.29) is 10.3 Å². The Bertz CT molecular complexity index is 962. The molecule has 0 spiro atoms. The molecule has 0 aliphatic carbocycles. The van der Waals surface area contributed by atoms with Crippen molar-refractivity contribution in [1.82, 2.24) is 24.7 Å². The minimum absolute atomic E-state index is 0.284. The molecule has 2 heterocycles. The van der Waals surface area contributed by atoms with E-state index in [4.69, 9.17) is 21.7 Å². The number of aromatic amines is 2. The van der Waals surface area contributed by atoms with Crippen LogP contribution in [-0.4, -0.2) is 39.0 Å². The van der Waals surface area contributed by atoms with E-state index in [0.29, 0.717) is 29.6 Å². The fourth-order valence-corrected chi connectivity index (χ4v) is 2.63. The molecule has 0 unspecified atom stereocenters. The minimum atomic E-state index is -0.290. The molecule has 0 amide bonds. The molecule has 0 fully saturated rings. The Morgan fingerprint density at radius 1 is 1.25 bits per heavy atom. The standard InChI is InChI=1S/C15H15N5O3S/c1-22-9-3-4-10(12(5-9)23-2)11-6-14(21)18-15(24)20(11)7-13-16-8-17-19-13/h3-6,8H,7H2,1-2H3,(H,16,17,19)(H,18,21,24). The number of hydrogen-bond donors (Lipinski definition) is 2. The molecule has 2 aromatic heterocycles. The molecule has 0 saturated carbocycles. The van der Waals surface area contributed by atoms with E-state index in [1.165, 1.54) is 12.4 Å². The molecule has 124 valence electrons. The van der Waals surface area contributed by atoms with Crippen LogP contribution >= 0.6 is 12.2 Å². The summed E-state index contributed by atoms with van der Waals surface area (Å²) in [7, 11) is 3.13. The number of aromatic nitrogens is 5. The Morgan fingerprint density at radius 3 is 2.75 bits per heavy atom. The fraction of sp³-hybridized carbons (Fsp3) is 0.200. The second-order valence-electron chi connectivity index (χ2n) is 4.91. The van der Waals surface area contributed by atoms with Gasteiger partial charge >= 0.3 is 0 Å². The van der Waals surface area contributed by atoms with Crippen molar-refractivity contribution >= 4 is 12.2 Å². The monoisotopic (exact) mass is 345 g/mol. The zero-order valence-corrected chi connectivity index (χ0v) is 13.9. The summed E-state index contributed by atoms with van der Waals surface area (Å²) in [5, 5.41) is 6.61. The number of methoxy groups -OCH3 is 2. The van der Waals surface area contributed by atoms with Crippen LogP contribution in [0.15, 0.2) is 35.4 Å². The Balaban J connectivity index is 2.20. The average Bonchev–Trinajstić information content (AvgIpc) is 3.09. The zero-order chi connectivity index (χ0) is 17.1. The van der Waals surface area contributed by atoms with Gasteiger partial charge < -0.3 is 14.0 Å². The van der Waals surface area contributed by atoms with Crippen LogP contribution in [0.25, 0.3) is 11.3 Å². The summed E-state index contributed by atoms with van der Waals surface area (Å²) >= 11 is 5.31. The maximum absolute atomic E-state index is 11.9. The van der Waals surface area contributed by atoms with Crippen molar-refractivity contribution in [2.24, 2.45) is 0 Å². The number of H-pyrrole nitrogens is 2. The molecule has 0 radical (unpaired) electrons. The van der Waals surface area contributed by atoms with Crippen LogP contribution in [0.1, 0.15) is 5.82 Å². The normalized spacial score (nSPS) is 10.6. The summed E-state index contributed by atoms with van der Waals surface area (Å²) in [4.78, 5) is 18.6. The van der Waals surface area contributed by atoms with E-state index < -0.39 is 0 Å². The average molecular weight is 345 g/mol. The summed E-state index contributed by atoms with van der Waals surface area (Å²) in [6, 6.07) is 6.83. The van der Waals surface area contributed by atoms with Gasteiger partial charge in [-0.2, -0.15) is 5.10 Å². The quantitative estimate of drug-likeness (QED) is 0.684. The van der Waals surface area contributed by atoms with Crippen LogP contribution in [0.3, 0.4) is 0 Å². The molecule has 0 atom stereocenters. The zero-order valence-electron chi connectivity index (χ0n) is 13.1. The predicted octanol–water partition coefficient (Wildman–Crippen LogP) is 1.76. The Labute approximate surface area is 142 Å². The van der Waals surface area contributed by atoms with Gasteiger partial charge in [-0.25, -0.2) is 4.98 Å². The molecule has 9 heteroatoms. The lowest BCUT2D eigenvalue weighted by Gasteiger charge is -2.15. The van der Waals surface area contributed by atoms with E-state index >= 15 is 0 Å². The SMILES string of the molecule is COc1ccc(-c2cc(=O)[nH]c(=S)n2Cc2ncn[nH]2)c(OC)c1. The maximum Gasteiger partial charge on any atom is 0.252 e. The molecule has 24 heavy (non-hydrogen) atoms. The van der Waals surface area contributed by atoms with Gasteiger partial charge in [-0.15, -0.1) is 0 Å². The Hall–Kier alpha value is -2.94. The van der Waals surface area contributed by atoms with Gasteiger partial charge in [0.05, 0.1) is 26.5 Å². The van der Waals surface area contributed by atoms with Gasteiger partial charge in [-0.05, 0) is 24.4 Å². The molecule has 0 aliphatic rings. The van der Waals surface area contributed by atoms with Crippen LogP contribution in [0.5, 0.6) is 11.5 Å². The van der Waals surface area contributed by atoms with Crippen molar-refractivity contribution < 1.29 is 9.47 Å². The van der Waals surface area contributed by atoms with Crippen LogP contribution in [-0.2, 0) is 6.54 Å². The molecule has 8 nitrogen and oxygen atoms in total. The highest BCUT2D eigenvalue weighted by atomic mass is 32.1. The second kappa shape index (κ2) is 6.67. The van der Waals surface area contributed by atoms with Crippen LogP contribution < -0.4 is 15.0 Å². The molecule has 1 aromatic carbocycles.